The Morgan fingerprint density at radius 2 is 2.07 bits per heavy atom. The number of nitrogens with one attached hydrogen (secondary N) is 2. The number of ether oxygens (including phenoxy) is 1. The minimum absolute atomic E-state index is 0.0582. The highest BCUT2D eigenvalue weighted by Gasteiger charge is 2.27. The highest BCUT2D eigenvalue weighted by molar-refractivity contribution is 7.17. The fourth-order valence-electron chi connectivity index (χ4n) is 4.89. The molecule has 0 aliphatic rings. The maximum Gasteiger partial charge on any atom is 0.251 e. The molecule has 5 rings (SSSR count). The van der Waals surface area contributed by atoms with Crippen molar-refractivity contribution >= 4 is 43.8 Å². The van der Waals surface area contributed by atoms with Gasteiger partial charge in [-0.1, -0.05) is 12.6 Å². The second-order valence-electron chi connectivity index (χ2n) is 10.0. The number of aliphatic hydroxyl groups excluding tert-OH is 3. The van der Waals surface area contributed by atoms with Crippen LogP contribution in [-0.4, -0.2) is 72.1 Å². The minimum Gasteiger partial charge on any atom is -0.491 e. The lowest BCUT2D eigenvalue weighted by atomic mass is 9.95. The SMILES string of the molecule is C=C(OCCO)/C(=C(F)\C=C\F)c1c(-c2cc([C@@H](C)NC(=O)[C@H](O)CO)[nH]n2)nc(-c2ccc3c(cnn3C)c2)c2ccsc12. The minimum atomic E-state index is -1.60. The number of fused-ring (bicyclic) bond motifs is 2. The van der Waals surface area contributed by atoms with E-state index in [1.165, 1.54) is 11.3 Å². The van der Waals surface area contributed by atoms with E-state index in [1.54, 1.807) is 23.9 Å². The standard InChI is InChI=1S/C31H30F2N6O5S/c1-16(35-31(43)25(42)15-41)22-13-23(38-37-22)29-27(26(21(33)6-8-32)17(2)44-10-9-40)30-20(7-11-45-30)28(36-29)18-4-5-24-19(12-18)14-34-39(24)3/h4-8,11-14,16,25,40-42H,2,9-10,15H2,1,3H3,(H,35,43)(H,37,38)/b8-6+,26-21-/t16-,25-/m1/s1. The van der Waals surface area contributed by atoms with Crippen LogP contribution >= 0.6 is 11.3 Å². The molecule has 234 valence electrons. The highest BCUT2D eigenvalue weighted by Crippen LogP contribution is 2.44. The molecule has 4 aromatic heterocycles. The Balaban J connectivity index is 1.76. The first-order chi connectivity index (χ1) is 21.7. The molecule has 45 heavy (non-hydrogen) atoms. The lowest BCUT2D eigenvalue weighted by Gasteiger charge is -2.18. The summed E-state index contributed by atoms with van der Waals surface area (Å²) in [5, 5.41) is 45.7. The van der Waals surface area contributed by atoms with E-state index in [0.29, 0.717) is 27.6 Å². The number of hydrogen-bond donors (Lipinski definition) is 5. The number of allylic oxidation sites excluding steroid dienone is 3. The van der Waals surface area contributed by atoms with Crippen molar-refractivity contribution in [2.45, 2.75) is 19.1 Å². The number of halogens is 2. The average molecular weight is 637 g/mol. The van der Waals surface area contributed by atoms with Gasteiger partial charge in [0.25, 0.3) is 5.91 Å². The average Bonchev–Trinajstić information content (AvgIpc) is 3.80. The van der Waals surface area contributed by atoms with Gasteiger partial charge in [-0.15, -0.1) is 11.3 Å². The van der Waals surface area contributed by atoms with Crippen molar-refractivity contribution in [3.63, 3.8) is 0 Å². The van der Waals surface area contributed by atoms with Crippen molar-refractivity contribution in [2.75, 3.05) is 19.8 Å². The number of aryl methyl sites for hydroxylation is 1. The van der Waals surface area contributed by atoms with Gasteiger partial charge in [0.2, 0.25) is 0 Å². The molecular formula is C31H30F2N6O5S. The van der Waals surface area contributed by atoms with Crippen LogP contribution in [-0.2, 0) is 16.6 Å². The zero-order valence-corrected chi connectivity index (χ0v) is 25.1. The Bertz CT molecular complexity index is 1950. The van der Waals surface area contributed by atoms with E-state index in [9.17, 15) is 19.4 Å². The van der Waals surface area contributed by atoms with E-state index >= 15 is 4.39 Å². The van der Waals surface area contributed by atoms with Crippen LogP contribution in [0.2, 0.25) is 0 Å². The normalized spacial score (nSPS) is 13.8. The van der Waals surface area contributed by atoms with Crippen molar-refractivity contribution < 1.29 is 33.6 Å². The Morgan fingerprint density at radius 1 is 1.27 bits per heavy atom. The summed E-state index contributed by atoms with van der Waals surface area (Å²) >= 11 is 1.30. The van der Waals surface area contributed by atoms with Gasteiger partial charge in [-0.3, -0.25) is 14.6 Å². The fourth-order valence-corrected chi connectivity index (χ4v) is 5.84. The molecule has 11 nitrogen and oxygen atoms in total. The van der Waals surface area contributed by atoms with Crippen molar-refractivity contribution in [3.8, 4) is 22.6 Å². The molecule has 0 unspecified atom stereocenters. The van der Waals surface area contributed by atoms with E-state index in [2.05, 4.69) is 27.2 Å². The molecule has 0 radical (unpaired) electrons. The number of nitrogens with zero attached hydrogens (tertiary/aromatic N) is 4. The zero-order valence-electron chi connectivity index (χ0n) is 24.3. The number of amides is 1. The zero-order chi connectivity index (χ0) is 32.2. The van der Waals surface area contributed by atoms with Crippen LogP contribution in [0.25, 0.3) is 49.2 Å². The molecular weight excluding hydrogens is 606 g/mol. The number of pyridine rings is 1. The van der Waals surface area contributed by atoms with Crippen LogP contribution in [0.15, 0.2) is 72.5 Å². The molecule has 1 amide bonds. The first kappa shape index (κ1) is 31.7. The predicted octanol–water partition coefficient (Wildman–Crippen LogP) is 4.46. The van der Waals surface area contributed by atoms with Crippen LogP contribution in [0.4, 0.5) is 8.78 Å². The maximum atomic E-state index is 15.7. The van der Waals surface area contributed by atoms with Crippen LogP contribution in [0.5, 0.6) is 0 Å². The van der Waals surface area contributed by atoms with Crippen molar-refractivity contribution in [1.29, 1.82) is 0 Å². The number of carbonyl (C=O) groups is 1. The Morgan fingerprint density at radius 3 is 2.80 bits per heavy atom. The van der Waals surface area contributed by atoms with Gasteiger partial charge in [-0.25, -0.2) is 13.8 Å². The number of aliphatic hydroxyl groups is 3. The lowest BCUT2D eigenvalue weighted by molar-refractivity contribution is -0.131. The summed E-state index contributed by atoms with van der Waals surface area (Å²) in [4.78, 5) is 17.2. The Kier molecular flexibility index (Phi) is 9.48. The van der Waals surface area contributed by atoms with Gasteiger partial charge in [0, 0.05) is 39.7 Å². The second-order valence-corrected chi connectivity index (χ2v) is 11.0. The number of aromatic nitrogens is 5. The van der Waals surface area contributed by atoms with E-state index in [-0.39, 0.29) is 47.8 Å². The lowest BCUT2D eigenvalue weighted by Crippen LogP contribution is -2.38. The number of rotatable bonds is 12. The van der Waals surface area contributed by atoms with Crippen LogP contribution < -0.4 is 5.32 Å². The van der Waals surface area contributed by atoms with Crippen molar-refractivity contribution in [1.82, 2.24) is 30.3 Å². The summed E-state index contributed by atoms with van der Waals surface area (Å²) in [6.07, 6.45) is 0.830. The Hall–Kier alpha value is -4.76. The summed E-state index contributed by atoms with van der Waals surface area (Å²) in [7, 11) is 1.84. The molecule has 5 N–H and O–H groups in total. The highest BCUT2D eigenvalue weighted by atomic mass is 32.1. The van der Waals surface area contributed by atoms with Crippen LogP contribution in [0.1, 0.15) is 24.2 Å². The number of benzene rings is 1. The van der Waals surface area contributed by atoms with Gasteiger partial charge in [0.1, 0.15) is 29.6 Å². The third-order valence-corrected chi connectivity index (χ3v) is 8.05. The summed E-state index contributed by atoms with van der Waals surface area (Å²) in [5.74, 6) is -1.93. The molecule has 4 heterocycles. The molecule has 5 aromatic rings. The molecule has 0 spiro atoms. The maximum absolute atomic E-state index is 15.7. The third kappa shape index (κ3) is 6.26. The van der Waals surface area contributed by atoms with E-state index in [1.807, 2.05) is 36.7 Å². The first-order valence-electron chi connectivity index (χ1n) is 13.8. The van der Waals surface area contributed by atoms with Gasteiger partial charge >= 0.3 is 0 Å². The number of hydrogen-bond acceptors (Lipinski definition) is 9. The first-order valence-corrected chi connectivity index (χ1v) is 14.6. The molecule has 14 heteroatoms. The molecule has 0 fully saturated rings. The van der Waals surface area contributed by atoms with Gasteiger partial charge in [0.05, 0.1) is 54.3 Å². The van der Waals surface area contributed by atoms with Gasteiger partial charge in [0.15, 0.2) is 6.10 Å². The smallest absolute Gasteiger partial charge is 0.251 e. The number of aromatic amines is 1. The van der Waals surface area contributed by atoms with Crippen LogP contribution in [0, 0.1) is 0 Å². The van der Waals surface area contributed by atoms with Gasteiger partial charge in [-0.05, 0) is 36.6 Å². The molecule has 0 saturated carbocycles. The van der Waals surface area contributed by atoms with E-state index in [4.69, 9.17) is 14.8 Å². The molecule has 2 atom stereocenters. The number of H-pyrrole nitrogens is 1. The topological polar surface area (TPSA) is 158 Å². The summed E-state index contributed by atoms with van der Waals surface area (Å²) in [6.45, 7) is 4.22. The van der Waals surface area contributed by atoms with Crippen molar-refractivity contribution in [2.24, 2.45) is 7.05 Å². The van der Waals surface area contributed by atoms with Gasteiger partial charge in [-0.2, -0.15) is 10.2 Å². The van der Waals surface area contributed by atoms with Crippen LogP contribution in [0.3, 0.4) is 0 Å². The van der Waals surface area contributed by atoms with E-state index in [0.717, 1.165) is 16.5 Å². The quantitative estimate of drug-likeness (QED) is 0.0993. The predicted molar refractivity (Wildman–Crippen MR) is 167 cm³/mol. The Labute approximate surface area is 259 Å². The van der Waals surface area contributed by atoms with Crippen molar-refractivity contribution in [3.05, 3.63) is 83.7 Å². The molecule has 0 aliphatic carbocycles. The monoisotopic (exact) mass is 636 g/mol. The van der Waals surface area contributed by atoms with E-state index < -0.39 is 30.5 Å². The molecule has 0 aliphatic heterocycles. The number of thiophene rings is 1. The largest absolute Gasteiger partial charge is 0.491 e. The fraction of sp³-hybridized carbons (Fsp3) is 0.226. The third-order valence-electron chi connectivity index (χ3n) is 7.11. The molecule has 0 saturated heterocycles. The van der Waals surface area contributed by atoms with Gasteiger partial charge < -0.3 is 25.4 Å². The summed E-state index contributed by atoms with van der Waals surface area (Å²) in [6, 6.07) is 8.54. The molecule has 0 bridgehead atoms. The number of carbonyl (C=O) groups excluding carboxylic acids is 1. The molecule has 1 aromatic carbocycles. The summed E-state index contributed by atoms with van der Waals surface area (Å²) in [5.41, 5.74) is 3.17. The summed E-state index contributed by atoms with van der Waals surface area (Å²) < 4.78 is 36.9. The second kappa shape index (κ2) is 13.5.